The first-order valence-corrected chi connectivity index (χ1v) is 6.97. The quantitative estimate of drug-likeness (QED) is 0.651. The Kier molecular flexibility index (Phi) is 4.18. The van der Waals surface area contributed by atoms with Crippen molar-refractivity contribution in [1.82, 2.24) is 0 Å². The molecule has 0 saturated carbocycles. The van der Waals surface area contributed by atoms with Crippen molar-refractivity contribution in [2.75, 3.05) is 30.3 Å². The van der Waals surface area contributed by atoms with E-state index in [-0.39, 0.29) is 5.97 Å². The molecule has 5 heteroatoms. The molecule has 0 aliphatic carbocycles. The molecule has 1 heterocycles. The van der Waals surface area contributed by atoms with Crippen molar-refractivity contribution in [3.05, 3.63) is 23.8 Å². The number of hydrogen-bond acceptors (Lipinski definition) is 5. The summed E-state index contributed by atoms with van der Waals surface area (Å²) in [5, 5.41) is 10.2. The molecule has 1 fully saturated rings. The van der Waals surface area contributed by atoms with Gasteiger partial charge in [0.05, 0.1) is 29.1 Å². The van der Waals surface area contributed by atoms with Gasteiger partial charge in [-0.25, -0.2) is 4.79 Å². The van der Waals surface area contributed by atoms with Gasteiger partial charge < -0.3 is 20.5 Å². The smallest absolute Gasteiger partial charge is 0.340 e. The summed E-state index contributed by atoms with van der Waals surface area (Å²) in [7, 11) is 0. The van der Waals surface area contributed by atoms with Crippen LogP contribution in [0.3, 0.4) is 0 Å². The van der Waals surface area contributed by atoms with Crippen molar-refractivity contribution in [2.24, 2.45) is 0 Å². The number of carbonyl (C=O) groups excluding carboxylic acids is 1. The van der Waals surface area contributed by atoms with Gasteiger partial charge in [0.2, 0.25) is 0 Å². The molecule has 20 heavy (non-hydrogen) atoms. The van der Waals surface area contributed by atoms with Crippen LogP contribution in [0.25, 0.3) is 0 Å². The van der Waals surface area contributed by atoms with E-state index in [0.717, 1.165) is 19.4 Å². The van der Waals surface area contributed by atoms with E-state index in [1.54, 1.807) is 25.1 Å². The van der Waals surface area contributed by atoms with Crippen LogP contribution in [0.1, 0.15) is 37.0 Å². The SMILES string of the molecule is CCOC(=O)c1cccc(N)c1N1CCCC(C)(O)C1. The zero-order valence-corrected chi connectivity index (χ0v) is 12.1. The zero-order valence-electron chi connectivity index (χ0n) is 12.1. The van der Waals surface area contributed by atoms with Gasteiger partial charge in [0, 0.05) is 13.1 Å². The van der Waals surface area contributed by atoms with Crippen molar-refractivity contribution >= 4 is 17.3 Å². The molecular weight excluding hydrogens is 256 g/mol. The summed E-state index contributed by atoms with van der Waals surface area (Å²) >= 11 is 0. The molecule has 110 valence electrons. The van der Waals surface area contributed by atoms with E-state index in [4.69, 9.17) is 10.5 Å². The highest BCUT2D eigenvalue weighted by molar-refractivity contribution is 5.99. The van der Waals surface area contributed by atoms with Crippen LogP contribution in [-0.4, -0.2) is 36.4 Å². The maximum atomic E-state index is 12.1. The second kappa shape index (κ2) is 5.71. The molecule has 5 nitrogen and oxygen atoms in total. The third-order valence-corrected chi connectivity index (χ3v) is 3.55. The fourth-order valence-corrected chi connectivity index (χ4v) is 2.70. The summed E-state index contributed by atoms with van der Waals surface area (Å²) in [6, 6.07) is 5.22. The molecule has 0 radical (unpaired) electrons. The van der Waals surface area contributed by atoms with Crippen molar-refractivity contribution in [3.63, 3.8) is 0 Å². The van der Waals surface area contributed by atoms with Gasteiger partial charge >= 0.3 is 5.97 Å². The van der Waals surface area contributed by atoms with E-state index < -0.39 is 5.60 Å². The number of hydrogen-bond donors (Lipinski definition) is 2. The third-order valence-electron chi connectivity index (χ3n) is 3.55. The Morgan fingerprint density at radius 3 is 2.95 bits per heavy atom. The minimum atomic E-state index is -0.757. The summed E-state index contributed by atoms with van der Waals surface area (Å²) in [4.78, 5) is 14.0. The highest BCUT2D eigenvalue weighted by atomic mass is 16.5. The number of nitrogen functional groups attached to an aromatic ring is 1. The summed E-state index contributed by atoms with van der Waals surface area (Å²) in [6.45, 7) is 5.15. The molecule has 1 aliphatic rings. The molecule has 1 aromatic carbocycles. The lowest BCUT2D eigenvalue weighted by atomic mass is 9.94. The Bertz CT molecular complexity index is 500. The summed E-state index contributed by atoms with van der Waals surface area (Å²) < 4.78 is 5.08. The average Bonchev–Trinajstić information content (AvgIpc) is 2.37. The Labute approximate surface area is 119 Å². The van der Waals surface area contributed by atoms with Crippen LogP contribution >= 0.6 is 0 Å². The van der Waals surface area contributed by atoms with Crippen molar-refractivity contribution < 1.29 is 14.6 Å². The highest BCUT2D eigenvalue weighted by Gasteiger charge is 2.31. The number of anilines is 2. The predicted octanol–water partition coefficient (Wildman–Crippen LogP) is 1.80. The number of nitrogens with two attached hydrogens (primary N) is 1. The highest BCUT2D eigenvalue weighted by Crippen LogP contribution is 2.33. The number of carbonyl (C=O) groups is 1. The first kappa shape index (κ1) is 14.7. The van der Waals surface area contributed by atoms with Gasteiger partial charge in [0.15, 0.2) is 0 Å². The van der Waals surface area contributed by atoms with Gasteiger partial charge in [-0.2, -0.15) is 0 Å². The topological polar surface area (TPSA) is 75.8 Å². The lowest BCUT2D eigenvalue weighted by Gasteiger charge is -2.39. The number of ether oxygens (including phenoxy) is 1. The second-order valence-electron chi connectivity index (χ2n) is 5.49. The van der Waals surface area contributed by atoms with Gasteiger partial charge in [0.25, 0.3) is 0 Å². The number of para-hydroxylation sites is 1. The van der Waals surface area contributed by atoms with Gasteiger partial charge in [0.1, 0.15) is 0 Å². The molecule has 3 N–H and O–H groups in total. The largest absolute Gasteiger partial charge is 0.462 e. The minimum Gasteiger partial charge on any atom is -0.462 e. The lowest BCUT2D eigenvalue weighted by Crippen LogP contribution is -2.46. The minimum absolute atomic E-state index is 0.324. The molecular formula is C15H22N2O3. The van der Waals surface area contributed by atoms with E-state index in [1.165, 1.54) is 0 Å². The van der Waals surface area contributed by atoms with Crippen LogP contribution in [0.2, 0.25) is 0 Å². The third kappa shape index (κ3) is 3.04. The lowest BCUT2D eigenvalue weighted by molar-refractivity contribution is 0.0440. The Morgan fingerprint density at radius 1 is 1.55 bits per heavy atom. The molecule has 0 spiro atoms. The number of β-amino-alcohol motifs (C(OH)–C–C–N with tert-alkyl or cyclic N) is 1. The number of benzene rings is 1. The molecule has 2 rings (SSSR count). The maximum absolute atomic E-state index is 12.1. The van der Waals surface area contributed by atoms with Crippen molar-refractivity contribution in [1.29, 1.82) is 0 Å². The summed E-state index contributed by atoms with van der Waals surface area (Å²) in [6.07, 6.45) is 1.62. The fraction of sp³-hybridized carbons (Fsp3) is 0.533. The van der Waals surface area contributed by atoms with E-state index in [2.05, 4.69) is 0 Å². The normalized spacial score (nSPS) is 22.6. The zero-order chi connectivity index (χ0) is 14.8. The van der Waals surface area contributed by atoms with Gasteiger partial charge in [-0.15, -0.1) is 0 Å². The van der Waals surface area contributed by atoms with E-state index in [1.807, 2.05) is 11.8 Å². The molecule has 1 saturated heterocycles. The number of esters is 1. The van der Waals surface area contributed by atoms with Gasteiger partial charge in [-0.1, -0.05) is 6.07 Å². The molecule has 1 aromatic rings. The Hall–Kier alpha value is -1.75. The first-order chi connectivity index (χ1) is 9.44. The van der Waals surface area contributed by atoms with Crippen molar-refractivity contribution in [2.45, 2.75) is 32.3 Å². The Balaban J connectivity index is 2.37. The van der Waals surface area contributed by atoms with E-state index in [9.17, 15) is 9.90 Å². The molecule has 1 unspecified atom stereocenters. The first-order valence-electron chi connectivity index (χ1n) is 6.97. The van der Waals surface area contributed by atoms with Crippen LogP contribution in [0.5, 0.6) is 0 Å². The van der Waals surface area contributed by atoms with Crippen LogP contribution in [0.4, 0.5) is 11.4 Å². The van der Waals surface area contributed by atoms with Crippen LogP contribution in [0, 0.1) is 0 Å². The predicted molar refractivity (Wildman–Crippen MR) is 78.9 cm³/mol. The van der Waals surface area contributed by atoms with Crippen molar-refractivity contribution in [3.8, 4) is 0 Å². The van der Waals surface area contributed by atoms with Gasteiger partial charge in [-0.05, 0) is 38.8 Å². The molecule has 1 atom stereocenters. The van der Waals surface area contributed by atoms with Gasteiger partial charge in [-0.3, -0.25) is 0 Å². The monoisotopic (exact) mass is 278 g/mol. The molecule has 0 aromatic heterocycles. The Morgan fingerprint density at radius 2 is 2.30 bits per heavy atom. The van der Waals surface area contributed by atoms with Crippen LogP contribution < -0.4 is 10.6 Å². The molecule has 0 amide bonds. The standard InChI is InChI=1S/C15H22N2O3/c1-3-20-14(18)11-6-4-7-12(16)13(11)17-9-5-8-15(2,19)10-17/h4,6-7,19H,3,5,8-10,16H2,1-2H3. The molecule has 0 bridgehead atoms. The summed E-state index contributed by atoms with van der Waals surface area (Å²) in [5.41, 5.74) is 6.96. The number of aliphatic hydroxyl groups is 1. The van der Waals surface area contributed by atoms with E-state index >= 15 is 0 Å². The van der Waals surface area contributed by atoms with Crippen LogP contribution in [-0.2, 0) is 4.74 Å². The number of nitrogens with zero attached hydrogens (tertiary/aromatic N) is 1. The molecule has 1 aliphatic heterocycles. The average molecular weight is 278 g/mol. The second-order valence-corrected chi connectivity index (χ2v) is 5.49. The summed E-state index contributed by atoms with van der Waals surface area (Å²) in [5.74, 6) is -0.375. The van der Waals surface area contributed by atoms with E-state index in [0.29, 0.717) is 30.1 Å². The van der Waals surface area contributed by atoms with Crippen LogP contribution in [0.15, 0.2) is 18.2 Å². The fourth-order valence-electron chi connectivity index (χ4n) is 2.70. The number of piperidine rings is 1. The number of rotatable bonds is 3. The maximum Gasteiger partial charge on any atom is 0.340 e.